The molecule has 6 heteroatoms. The number of halogens is 1. The normalized spacial score (nSPS) is 11.8. The van der Waals surface area contributed by atoms with Crippen LogP contribution in [-0.2, 0) is 6.54 Å². The molecule has 2 rings (SSSR count). The Morgan fingerprint density at radius 1 is 1.30 bits per heavy atom. The molecule has 0 atom stereocenters. The molecule has 0 bridgehead atoms. The first-order valence-electron chi connectivity index (χ1n) is 6.35. The van der Waals surface area contributed by atoms with Gasteiger partial charge in [-0.05, 0) is 50.2 Å². The number of aryl methyl sites for hydroxylation is 1. The Morgan fingerprint density at radius 2 is 2.05 bits per heavy atom. The molecule has 0 amide bonds. The van der Waals surface area contributed by atoms with Gasteiger partial charge in [0.2, 0.25) is 5.89 Å². The second-order valence-corrected chi connectivity index (χ2v) is 7.45. The predicted molar refractivity (Wildman–Crippen MR) is 83.9 cm³/mol. The number of rotatable bonds is 4. The van der Waals surface area contributed by atoms with Crippen molar-refractivity contribution < 1.29 is 4.42 Å². The van der Waals surface area contributed by atoms with Crippen LogP contribution in [0.15, 0.2) is 37.2 Å². The largest absolute Gasteiger partial charge is 0.416 e. The van der Waals surface area contributed by atoms with E-state index in [1.807, 2.05) is 6.07 Å². The number of hydrogen-bond acceptors (Lipinski definition) is 5. The third kappa shape index (κ3) is 4.61. The highest BCUT2D eigenvalue weighted by molar-refractivity contribution is 9.10. The Labute approximate surface area is 131 Å². The van der Waals surface area contributed by atoms with E-state index in [-0.39, 0.29) is 5.54 Å². The summed E-state index contributed by atoms with van der Waals surface area (Å²) in [7, 11) is 0. The molecule has 0 fully saturated rings. The number of hydrogen-bond donors (Lipinski definition) is 1. The van der Waals surface area contributed by atoms with E-state index < -0.39 is 0 Å². The SMILES string of the molecule is Cc1nnc(Sc2cc(Br)ccc2CNC(C)(C)C)o1. The summed E-state index contributed by atoms with van der Waals surface area (Å²) in [5, 5.41) is 11.9. The lowest BCUT2D eigenvalue weighted by atomic mass is 10.1. The molecule has 4 nitrogen and oxygen atoms in total. The van der Waals surface area contributed by atoms with E-state index in [2.05, 4.69) is 64.3 Å². The van der Waals surface area contributed by atoms with Crippen molar-refractivity contribution in [3.8, 4) is 0 Å². The van der Waals surface area contributed by atoms with Crippen LogP contribution in [0.1, 0.15) is 32.2 Å². The van der Waals surface area contributed by atoms with Gasteiger partial charge < -0.3 is 9.73 Å². The zero-order valence-corrected chi connectivity index (χ0v) is 14.4. The molecule has 0 aliphatic carbocycles. The van der Waals surface area contributed by atoms with E-state index in [9.17, 15) is 0 Å². The second kappa shape index (κ2) is 6.28. The molecule has 108 valence electrons. The molecule has 0 saturated carbocycles. The number of nitrogens with zero attached hydrogens (tertiary/aromatic N) is 2. The minimum atomic E-state index is 0.0795. The van der Waals surface area contributed by atoms with Crippen molar-refractivity contribution in [3.05, 3.63) is 34.1 Å². The summed E-state index contributed by atoms with van der Waals surface area (Å²) in [5.41, 5.74) is 1.29. The smallest absolute Gasteiger partial charge is 0.281 e. The van der Waals surface area contributed by atoms with Gasteiger partial charge in [0.25, 0.3) is 5.22 Å². The molecule has 1 aromatic carbocycles. The number of nitrogens with one attached hydrogen (secondary N) is 1. The van der Waals surface area contributed by atoms with E-state index in [0.717, 1.165) is 15.9 Å². The topological polar surface area (TPSA) is 51.0 Å². The summed E-state index contributed by atoms with van der Waals surface area (Å²) in [5.74, 6) is 0.580. The highest BCUT2D eigenvalue weighted by Crippen LogP contribution is 2.32. The highest BCUT2D eigenvalue weighted by Gasteiger charge is 2.13. The van der Waals surface area contributed by atoms with Gasteiger partial charge in [-0.2, -0.15) is 0 Å². The minimum absolute atomic E-state index is 0.0795. The monoisotopic (exact) mass is 355 g/mol. The third-order valence-electron chi connectivity index (χ3n) is 2.54. The van der Waals surface area contributed by atoms with Gasteiger partial charge in [0.15, 0.2) is 0 Å². The average molecular weight is 356 g/mol. The van der Waals surface area contributed by atoms with Crippen LogP contribution in [0.4, 0.5) is 0 Å². The molecule has 0 unspecified atom stereocenters. The Bertz CT molecular complexity index is 592. The van der Waals surface area contributed by atoms with Crippen LogP contribution in [0, 0.1) is 6.92 Å². The lowest BCUT2D eigenvalue weighted by Gasteiger charge is -2.21. The van der Waals surface area contributed by atoms with Crippen LogP contribution in [0.5, 0.6) is 0 Å². The maximum absolute atomic E-state index is 5.43. The van der Waals surface area contributed by atoms with Crippen molar-refractivity contribution in [2.75, 3.05) is 0 Å². The fourth-order valence-electron chi connectivity index (χ4n) is 1.54. The molecule has 2 aromatic rings. The van der Waals surface area contributed by atoms with Crippen LogP contribution < -0.4 is 5.32 Å². The van der Waals surface area contributed by atoms with Crippen LogP contribution >= 0.6 is 27.7 Å². The molecular weight excluding hydrogens is 338 g/mol. The Balaban J connectivity index is 2.19. The van der Waals surface area contributed by atoms with Gasteiger partial charge in [-0.1, -0.05) is 22.0 Å². The quantitative estimate of drug-likeness (QED) is 0.891. The van der Waals surface area contributed by atoms with E-state index in [1.54, 1.807) is 6.92 Å². The number of benzene rings is 1. The summed E-state index contributed by atoms with van der Waals surface area (Å²) in [6, 6.07) is 6.22. The predicted octanol–water partition coefficient (Wildman–Crippen LogP) is 4.18. The van der Waals surface area contributed by atoms with Gasteiger partial charge in [-0.3, -0.25) is 0 Å². The van der Waals surface area contributed by atoms with Gasteiger partial charge in [0.1, 0.15) is 0 Å². The minimum Gasteiger partial charge on any atom is -0.416 e. The van der Waals surface area contributed by atoms with Crippen molar-refractivity contribution in [3.63, 3.8) is 0 Å². The molecule has 1 N–H and O–H groups in total. The van der Waals surface area contributed by atoms with Crippen molar-refractivity contribution in [1.29, 1.82) is 0 Å². The van der Waals surface area contributed by atoms with Crippen LogP contribution in [0.3, 0.4) is 0 Å². The highest BCUT2D eigenvalue weighted by atomic mass is 79.9. The Morgan fingerprint density at radius 3 is 2.65 bits per heavy atom. The second-order valence-electron chi connectivity index (χ2n) is 5.54. The zero-order chi connectivity index (χ0) is 14.8. The van der Waals surface area contributed by atoms with Gasteiger partial charge in [-0.25, -0.2) is 0 Å². The molecule has 20 heavy (non-hydrogen) atoms. The molecule has 0 aliphatic rings. The molecule has 0 aliphatic heterocycles. The maximum Gasteiger partial charge on any atom is 0.281 e. The van der Waals surface area contributed by atoms with Gasteiger partial charge >= 0.3 is 0 Å². The molecule has 0 radical (unpaired) electrons. The molecule has 0 saturated heterocycles. The van der Waals surface area contributed by atoms with E-state index in [1.165, 1.54) is 17.3 Å². The molecule has 1 aromatic heterocycles. The third-order valence-corrected chi connectivity index (χ3v) is 3.98. The summed E-state index contributed by atoms with van der Waals surface area (Å²) >= 11 is 4.99. The van der Waals surface area contributed by atoms with Crippen molar-refractivity contribution in [1.82, 2.24) is 15.5 Å². The van der Waals surface area contributed by atoms with Crippen molar-refractivity contribution in [2.24, 2.45) is 0 Å². The molecule has 0 spiro atoms. The first-order valence-corrected chi connectivity index (χ1v) is 7.96. The lowest BCUT2D eigenvalue weighted by molar-refractivity contribution is 0.421. The zero-order valence-electron chi connectivity index (χ0n) is 12.0. The first-order chi connectivity index (χ1) is 9.33. The molecular formula is C14H18BrN3OS. The van der Waals surface area contributed by atoms with Crippen LogP contribution in [0.2, 0.25) is 0 Å². The van der Waals surface area contributed by atoms with Crippen LogP contribution in [0.25, 0.3) is 0 Å². The Kier molecular flexibility index (Phi) is 4.88. The Hall–Kier alpha value is -0.850. The summed E-state index contributed by atoms with van der Waals surface area (Å²) in [6.07, 6.45) is 0. The van der Waals surface area contributed by atoms with E-state index in [4.69, 9.17) is 4.42 Å². The van der Waals surface area contributed by atoms with E-state index >= 15 is 0 Å². The van der Waals surface area contributed by atoms with Crippen molar-refractivity contribution in [2.45, 2.75) is 49.9 Å². The average Bonchev–Trinajstić information content (AvgIpc) is 2.72. The van der Waals surface area contributed by atoms with Gasteiger partial charge in [0, 0.05) is 28.4 Å². The van der Waals surface area contributed by atoms with E-state index in [0.29, 0.717) is 11.1 Å². The summed E-state index contributed by atoms with van der Waals surface area (Å²) in [6.45, 7) is 9.05. The van der Waals surface area contributed by atoms with Gasteiger partial charge in [-0.15, -0.1) is 10.2 Å². The summed E-state index contributed by atoms with van der Waals surface area (Å²) in [4.78, 5) is 1.11. The maximum atomic E-state index is 5.43. The molecule has 1 heterocycles. The fraction of sp³-hybridized carbons (Fsp3) is 0.429. The first kappa shape index (κ1) is 15.5. The van der Waals surface area contributed by atoms with Crippen LogP contribution in [-0.4, -0.2) is 15.7 Å². The van der Waals surface area contributed by atoms with Gasteiger partial charge in [0.05, 0.1) is 0 Å². The van der Waals surface area contributed by atoms with Crippen molar-refractivity contribution >= 4 is 27.7 Å². The number of aromatic nitrogens is 2. The summed E-state index contributed by atoms with van der Waals surface area (Å²) < 4.78 is 6.47. The standard InChI is InChI=1S/C14H18BrN3OS/c1-9-17-18-13(19-9)20-12-7-11(15)6-5-10(12)8-16-14(2,3)4/h5-7,16H,8H2,1-4H3. The lowest BCUT2D eigenvalue weighted by Crippen LogP contribution is -2.35. The fourth-order valence-corrected chi connectivity index (χ4v) is 2.95.